The number of carbonyl (C=O) groups excluding carboxylic acids is 1. The van der Waals surface area contributed by atoms with E-state index in [0.717, 1.165) is 55.3 Å². The minimum Gasteiger partial charge on any atom is -0.447 e. The summed E-state index contributed by atoms with van der Waals surface area (Å²) in [6.07, 6.45) is 10.3. The Hall–Kier alpha value is -3.14. The third kappa shape index (κ3) is 3.47. The Kier molecular flexibility index (Phi) is 4.58. The van der Waals surface area contributed by atoms with Crippen LogP contribution in [0.5, 0.6) is 0 Å². The maximum atomic E-state index is 12.6. The number of rotatable bonds is 5. The van der Waals surface area contributed by atoms with Gasteiger partial charge < -0.3 is 9.73 Å². The third-order valence-corrected chi connectivity index (χ3v) is 6.83. The van der Waals surface area contributed by atoms with Crippen molar-refractivity contribution in [3.05, 3.63) is 58.9 Å². The zero-order chi connectivity index (χ0) is 20.7. The Morgan fingerprint density at radius 1 is 1.13 bits per heavy atom. The first-order valence-corrected chi connectivity index (χ1v) is 11.4. The molecule has 5 rings (SSSR count). The van der Waals surface area contributed by atoms with Crippen LogP contribution in [0.3, 0.4) is 0 Å². The van der Waals surface area contributed by atoms with Gasteiger partial charge in [-0.3, -0.25) is 4.68 Å². The van der Waals surface area contributed by atoms with E-state index < -0.39 is 16.1 Å². The van der Waals surface area contributed by atoms with Crippen molar-refractivity contribution < 1.29 is 17.6 Å². The van der Waals surface area contributed by atoms with E-state index in [1.54, 1.807) is 0 Å². The average molecular weight is 427 g/mol. The number of nitrogens with zero attached hydrogens (tertiary/aromatic N) is 3. The van der Waals surface area contributed by atoms with Crippen molar-refractivity contribution in [2.24, 2.45) is 0 Å². The van der Waals surface area contributed by atoms with Gasteiger partial charge in [0.2, 0.25) is 5.89 Å². The lowest BCUT2D eigenvalue weighted by atomic mass is 9.99. The molecule has 1 aromatic carbocycles. The van der Waals surface area contributed by atoms with Crippen LogP contribution in [0.1, 0.15) is 41.0 Å². The molecule has 9 nitrogen and oxygen atoms in total. The van der Waals surface area contributed by atoms with E-state index in [0.29, 0.717) is 5.89 Å². The normalized spacial score (nSPS) is 15.1. The number of hydrogen-bond acceptors (Lipinski definition) is 6. The van der Waals surface area contributed by atoms with Crippen molar-refractivity contribution in [1.29, 1.82) is 0 Å². The van der Waals surface area contributed by atoms with Gasteiger partial charge in [0.05, 0.1) is 6.20 Å². The molecule has 2 aliphatic carbocycles. The summed E-state index contributed by atoms with van der Waals surface area (Å²) >= 11 is 0. The van der Waals surface area contributed by atoms with Crippen molar-refractivity contribution in [2.75, 3.05) is 5.32 Å². The fourth-order valence-corrected chi connectivity index (χ4v) is 5.18. The van der Waals surface area contributed by atoms with E-state index >= 15 is 0 Å². The first kappa shape index (κ1) is 18.9. The van der Waals surface area contributed by atoms with Crippen LogP contribution >= 0.6 is 0 Å². The first-order valence-electron chi connectivity index (χ1n) is 9.92. The minimum absolute atomic E-state index is 0.191. The van der Waals surface area contributed by atoms with Crippen LogP contribution in [0.25, 0.3) is 0 Å². The molecule has 0 radical (unpaired) electrons. The van der Waals surface area contributed by atoms with Crippen molar-refractivity contribution in [1.82, 2.24) is 19.5 Å². The van der Waals surface area contributed by atoms with Gasteiger partial charge in [0.1, 0.15) is 12.8 Å². The molecule has 0 spiro atoms. The topological polar surface area (TPSA) is 119 Å². The Morgan fingerprint density at radius 2 is 1.87 bits per heavy atom. The summed E-state index contributed by atoms with van der Waals surface area (Å²) in [6, 6.07) is 2.81. The molecule has 0 aliphatic heterocycles. The lowest BCUT2D eigenvalue weighted by Crippen LogP contribution is -2.35. The van der Waals surface area contributed by atoms with Gasteiger partial charge in [0.25, 0.3) is 10.0 Å². The zero-order valence-electron chi connectivity index (χ0n) is 16.2. The van der Waals surface area contributed by atoms with Crippen molar-refractivity contribution >= 4 is 21.7 Å². The second-order valence-corrected chi connectivity index (χ2v) is 9.20. The molecule has 2 heterocycles. The smallest absolute Gasteiger partial charge is 0.333 e. The Bertz CT molecular complexity index is 1180. The average Bonchev–Trinajstić information content (AvgIpc) is 3.49. The number of sulfonamides is 1. The Balaban J connectivity index is 1.33. The summed E-state index contributed by atoms with van der Waals surface area (Å²) < 4.78 is 33.9. The molecule has 0 unspecified atom stereocenters. The number of carbonyl (C=O) groups is 1. The molecule has 2 aliphatic rings. The third-order valence-electron chi connectivity index (χ3n) is 5.61. The monoisotopic (exact) mass is 427 g/mol. The van der Waals surface area contributed by atoms with E-state index in [9.17, 15) is 13.2 Å². The van der Waals surface area contributed by atoms with Crippen LogP contribution in [-0.4, -0.2) is 29.2 Å². The second kappa shape index (κ2) is 7.28. The number of amides is 2. The number of aromatic nitrogens is 3. The minimum atomic E-state index is -4.11. The summed E-state index contributed by atoms with van der Waals surface area (Å²) in [7, 11) is -4.11. The molecule has 3 aromatic rings. The van der Waals surface area contributed by atoms with Gasteiger partial charge in [0.15, 0.2) is 5.03 Å². The predicted octanol–water partition coefficient (Wildman–Crippen LogP) is 2.41. The number of anilines is 1. The Labute approximate surface area is 173 Å². The summed E-state index contributed by atoms with van der Waals surface area (Å²) in [6.45, 7) is 0.191. The molecule has 2 aromatic heterocycles. The number of fused-ring (bicyclic) bond motifs is 2. The molecular formula is C20H21N5O4S. The van der Waals surface area contributed by atoms with E-state index in [2.05, 4.69) is 26.2 Å². The van der Waals surface area contributed by atoms with Crippen molar-refractivity contribution in [3.8, 4) is 0 Å². The highest BCUT2D eigenvalue weighted by Gasteiger charge is 2.27. The Morgan fingerprint density at radius 3 is 2.53 bits per heavy atom. The number of urea groups is 1. The van der Waals surface area contributed by atoms with Crippen LogP contribution in [0.15, 0.2) is 40.2 Å². The van der Waals surface area contributed by atoms with Gasteiger partial charge in [-0.25, -0.2) is 14.5 Å². The van der Waals surface area contributed by atoms with Gasteiger partial charge in [-0.2, -0.15) is 13.5 Å². The maximum absolute atomic E-state index is 12.6. The predicted molar refractivity (Wildman–Crippen MR) is 108 cm³/mol. The van der Waals surface area contributed by atoms with Gasteiger partial charge in [-0.1, -0.05) is 6.07 Å². The highest BCUT2D eigenvalue weighted by molar-refractivity contribution is 7.90. The van der Waals surface area contributed by atoms with Crippen molar-refractivity contribution in [3.63, 3.8) is 0 Å². The number of nitrogens with one attached hydrogen (secondary N) is 2. The lowest BCUT2D eigenvalue weighted by molar-refractivity contribution is 0.256. The van der Waals surface area contributed by atoms with E-state index in [1.807, 2.05) is 0 Å². The van der Waals surface area contributed by atoms with Crippen LogP contribution < -0.4 is 10.0 Å². The van der Waals surface area contributed by atoms with E-state index in [1.165, 1.54) is 40.5 Å². The highest BCUT2D eigenvalue weighted by atomic mass is 32.2. The molecule has 0 fully saturated rings. The number of benzene rings is 1. The summed E-state index contributed by atoms with van der Waals surface area (Å²) in [5.41, 5.74) is 5.59. The van der Waals surface area contributed by atoms with Gasteiger partial charge in [-0.15, -0.1) is 0 Å². The molecule has 2 N–H and O–H groups in total. The van der Waals surface area contributed by atoms with Gasteiger partial charge >= 0.3 is 6.03 Å². The quantitative estimate of drug-likeness (QED) is 0.645. The van der Waals surface area contributed by atoms with E-state index in [4.69, 9.17) is 4.42 Å². The van der Waals surface area contributed by atoms with Crippen molar-refractivity contribution in [2.45, 2.75) is 50.1 Å². The second-order valence-electron chi connectivity index (χ2n) is 7.57. The number of oxazole rings is 1. The fourth-order valence-electron chi connectivity index (χ4n) is 4.32. The molecule has 0 saturated carbocycles. The summed E-state index contributed by atoms with van der Waals surface area (Å²) in [5.74, 6) is 0.402. The molecule has 10 heteroatoms. The van der Waals surface area contributed by atoms with Gasteiger partial charge in [0, 0.05) is 11.9 Å². The van der Waals surface area contributed by atoms with Crippen LogP contribution in [0.2, 0.25) is 0 Å². The SMILES string of the molecule is O=C(Nc1c2c(cc3c1CCC3)CCC2)NS(=O)(=O)c1ccn(Cc2ncco2)n1. The van der Waals surface area contributed by atoms with E-state index in [-0.39, 0.29) is 11.6 Å². The van der Waals surface area contributed by atoms with Crippen LogP contribution in [-0.2, 0) is 42.3 Å². The maximum Gasteiger partial charge on any atom is 0.333 e. The largest absolute Gasteiger partial charge is 0.447 e. The fraction of sp³-hybridized carbons (Fsp3) is 0.350. The number of aryl methyl sites for hydroxylation is 2. The molecular weight excluding hydrogens is 406 g/mol. The molecule has 2 amide bonds. The van der Waals surface area contributed by atoms with Crippen LogP contribution in [0, 0.1) is 0 Å². The summed E-state index contributed by atoms with van der Waals surface area (Å²) in [4.78, 5) is 16.6. The molecule has 0 saturated heterocycles. The standard InChI is InChI=1S/C20H21N5O4S/c26-20(22-19-15-5-1-3-13(15)11-14-4-2-6-16(14)19)24-30(27,28)18-7-9-25(23-18)12-17-21-8-10-29-17/h7-11H,1-6,12H2,(H2,22,24,26). The van der Waals surface area contributed by atoms with Gasteiger partial charge in [-0.05, 0) is 66.8 Å². The molecule has 0 bridgehead atoms. The zero-order valence-corrected chi connectivity index (χ0v) is 17.0. The molecule has 30 heavy (non-hydrogen) atoms. The molecule has 0 atom stereocenters. The number of hydrogen-bond donors (Lipinski definition) is 2. The van der Waals surface area contributed by atoms with Crippen LogP contribution in [0.4, 0.5) is 10.5 Å². The summed E-state index contributed by atoms with van der Waals surface area (Å²) in [5, 5.41) is 6.60. The lowest BCUT2D eigenvalue weighted by Gasteiger charge is -2.16. The molecule has 156 valence electrons. The first-order chi connectivity index (χ1) is 14.5. The highest BCUT2D eigenvalue weighted by Crippen LogP contribution is 2.38.